The second-order valence-electron chi connectivity index (χ2n) is 5.52. The Labute approximate surface area is 145 Å². The van der Waals surface area contributed by atoms with Gasteiger partial charge in [-0.2, -0.15) is 0 Å². The number of halogens is 1. The van der Waals surface area contributed by atoms with Gasteiger partial charge in [0.1, 0.15) is 0 Å². The predicted octanol–water partition coefficient (Wildman–Crippen LogP) is 3.31. The molecule has 2 amide bonds. The minimum Gasteiger partial charge on any atom is -0.308 e. The van der Waals surface area contributed by atoms with Gasteiger partial charge in [0.15, 0.2) is 0 Å². The molecule has 0 aromatic heterocycles. The number of benzene rings is 2. The fraction of sp³-hybridized carbons (Fsp3) is 0.188. The summed E-state index contributed by atoms with van der Waals surface area (Å²) in [7, 11) is -3.32. The van der Waals surface area contributed by atoms with E-state index < -0.39 is 16.1 Å². The first-order chi connectivity index (χ1) is 11.3. The summed E-state index contributed by atoms with van der Waals surface area (Å²) in [5.74, 6) is 0. The van der Waals surface area contributed by atoms with Crippen molar-refractivity contribution >= 4 is 44.7 Å². The van der Waals surface area contributed by atoms with E-state index in [9.17, 15) is 13.2 Å². The van der Waals surface area contributed by atoms with E-state index in [0.717, 1.165) is 5.56 Å². The number of anilines is 3. The second kappa shape index (κ2) is 6.33. The molecule has 0 aliphatic carbocycles. The molecule has 6 nitrogen and oxygen atoms in total. The van der Waals surface area contributed by atoms with Crippen LogP contribution >= 0.6 is 11.6 Å². The van der Waals surface area contributed by atoms with E-state index in [1.165, 1.54) is 10.6 Å². The van der Waals surface area contributed by atoms with E-state index in [2.05, 4.69) is 10.6 Å². The molecule has 1 aliphatic heterocycles. The van der Waals surface area contributed by atoms with Crippen molar-refractivity contribution < 1.29 is 13.2 Å². The molecule has 2 N–H and O–H groups in total. The molecular weight excluding hydrogens is 350 g/mol. The van der Waals surface area contributed by atoms with Gasteiger partial charge in [0.25, 0.3) is 0 Å². The lowest BCUT2D eigenvalue weighted by Gasteiger charge is -2.17. The topological polar surface area (TPSA) is 78.5 Å². The zero-order chi connectivity index (χ0) is 17.3. The van der Waals surface area contributed by atoms with Crippen LogP contribution in [-0.4, -0.2) is 27.2 Å². The molecular formula is C16H16ClN3O3S. The smallest absolute Gasteiger partial charge is 0.308 e. The van der Waals surface area contributed by atoms with Gasteiger partial charge in [-0.05, 0) is 42.3 Å². The predicted molar refractivity (Wildman–Crippen MR) is 96.4 cm³/mol. The Balaban J connectivity index is 1.76. The summed E-state index contributed by atoms with van der Waals surface area (Å²) in [6, 6.07) is 11.6. The Morgan fingerprint density at radius 3 is 2.50 bits per heavy atom. The van der Waals surface area contributed by atoms with E-state index in [4.69, 9.17) is 11.6 Å². The Morgan fingerprint density at radius 2 is 1.83 bits per heavy atom. The second-order valence-corrected chi connectivity index (χ2v) is 7.86. The normalized spacial score (nSPS) is 13.5. The number of amides is 2. The van der Waals surface area contributed by atoms with Crippen LogP contribution in [-0.2, 0) is 16.4 Å². The van der Waals surface area contributed by atoms with Gasteiger partial charge < -0.3 is 10.6 Å². The summed E-state index contributed by atoms with van der Waals surface area (Å²) in [5.41, 5.74) is 2.64. The molecule has 8 heteroatoms. The molecule has 24 heavy (non-hydrogen) atoms. The third-order valence-corrected chi connectivity index (χ3v) is 5.09. The third kappa shape index (κ3) is 3.63. The van der Waals surface area contributed by atoms with Crippen molar-refractivity contribution in [1.82, 2.24) is 0 Å². The number of rotatable bonds is 3. The number of sulfonamides is 1. The van der Waals surface area contributed by atoms with E-state index >= 15 is 0 Å². The van der Waals surface area contributed by atoms with Gasteiger partial charge in [-0.25, -0.2) is 13.2 Å². The molecule has 0 atom stereocenters. The average molecular weight is 366 g/mol. The van der Waals surface area contributed by atoms with Gasteiger partial charge in [0, 0.05) is 22.9 Å². The van der Waals surface area contributed by atoms with Crippen LogP contribution in [0.1, 0.15) is 5.56 Å². The summed E-state index contributed by atoms with van der Waals surface area (Å²) in [4.78, 5) is 12.1. The highest BCUT2D eigenvalue weighted by atomic mass is 35.5. The maximum atomic E-state index is 12.1. The van der Waals surface area contributed by atoms with Gasteiger partial charge in [-0.3, -0.25) is 4.31 Å². The lowest BCUT2D eigenvalue weighted by atomic mass is 10.1. The molecule has 1 aliphatic rings. The van der Waals surface area contributed by atoms with Crippen LogP contribution in [0.25, 0.3) is 0 Å². The third-order valence-electron chi connectivity index (χ3n) is 3.68. The number of urea groups is 1. The quantitative estimate of drug-likeness (QED) is 0.875. The van der Waals surface area contributed by atoms with E-state index in [1.807, 2.05) is 6.07 Å². The monoisotopic (exact) mass is 365 g/mol. The van der Waals surface area contributed by atoms with Crippen molar-refractivity contribution in [2.75, 3.05) is 27.7 Å². The average Bonchev–Trinajstić information content (AvgIpc) is 2.90. The highest BCUT2D eigenvalue weighted by Crippen LogP contribution is 2.32. The van der Waals surface area contributed by atoms with Crippen molar-refractivity contribution in [2.24, 2.45) is 0 Å². The minimum atomic E-state index is -3.32. The number of carbonyl (C=O) groups excluding carboxylic acids is 1. The molecule has 0 fully saturated rings. The van der Waals surface area contributed by atoms with Crippen LogP contribution in [0.5, 0.6) is 0 Å². The first-order valence-electron chi connectivity index (χ1n) is 7.27. The lowest BCUT2D eigenvalue weighted by Crippen LogP contribution is -2.27. The molecule has 0 saturated carbocycles. The Morgan fingerprint density at radius 1 is 1.12 bits per heavy atom. The maximum absolute atomic E-state index is 12.1. The molecule has 0 spiro atoms. The van der Waals surface area contributed by atoms with Crippen molar-refractivity contribution in [1.29, 1.82) is 0 Å². The van der Waals surface area contributed by atoms with Crippen LogP contribution < -0.4 is 14.9 Å². The minimum absolute atomic E-state index is 0.423. The molecule has 1 heterocycles. The molecule has 0 radical (unpaired) electrons. The zero-order valence-electron chi connectivity index (χ0n) is 12.9. The van der Waals surface area contributed by atoms with Crippen molar-refractivity contribution in [2.45, 2.75) is 6.42 Å². The largest absolute Gasteiger partial charge is 0.323 e. The van der Waals surface area contributed by atoms with E-state index in [0.29, 0.717) is 35.1 Å². The van der Waals surface area contributed by atoms with Gasteiger partial charge in [-0.15, -0.1) is 0 Å². The first-order valence-corrected chi connectivity index (χ1v) is 9.50. The molecule has 2 aromatic carbocycles. The Hall–Kier alpha value is -2.25. The summed E-state index contributed by atoms with van der Waals surface area (Å²) >= 11 is 5.88. The van der Waals surface area contributed by atoms with Gasteiger partial charge in [0.05, 0.1) is 11.9 Å². The van der Waals surface area contributed by atoms with Crippen LogP contribution in [0, 0.1) is 0 Å². The van der Waals surface area contributed by atoms with Crippen molar-refractivity contribution in [3.63, 3.8) is 0 Å². The number of hydrogen-bond acceptors (Lipinski definition) is 3. The van der Waals surface area contributed by atoms with Crippen molar-refractivity contribution in [3.8, 4) is 0 Å². The summed E-state index contributed by atoms with van der Waals surface area (Å²) in [5, 5.41) is 5.89. The van der Waals surface area contributed by atoms with Crippen LogP contribution in [0.2, 0.25) is 5.02 Å². The molecule has 0 unspecified atom stereocenters. The van der Waals surface area contributed by atoms with Crippen LogP contribution in [0.4, 0.5) is 21.9 Å². The fourth-order valence-electron chi connectivity index (χ4n) is 2.63. The van der Waals surface area contributed by atoms with Crippen LogP contribution in [0.3, 0.4) is 0 Å². The molecule has 126 valence electrons. The standard InChI is InChI=1S/C16H16ClN3O3S/c1-24(22,23)20-8-7-11-5-6-14(10-15(11)20)19-16(21)18-13-4-2-3-12(17)9-13/h2-6,9-10H,7-8H2,1H3,(H2,18,19,21). The Kier molecular flexibility index (Phi) is 4.38. The number of fused-ring (bicyclic) bond motifs is 1. The van der Waals surface area contributed by atoms with Gasteiger partial charge in [0.2, 0.25) is 10.0 Å². The zero-order valence-corrected chi connectivity index (χ0v) is 14.5. The lowest BCUT2D eigenvalue weighted by molar-refractivity contribution is 0.262. The SMILES string of the molecule is CS(=O)(=O)N1CCc2ccc(NC(=O)Nc3cccc(Cl)c3)cc21. The number of hydrogen-bond donors (Lipinski definition) is 2. The van der Waals surface area contributed by atoms with Gasteiger partial charge in [-0.1, -0.05) is 23.7 Å². The first kappa shape index (κ1) is 16.6. The number of nitrogens with zero attached hydrogens (tertiary/aromatic N) is 1. The molecule has 2 aromatic rings. The molecule has 3 rings (SSSR count). The van der Waals surface area contributed by atoms with Crippen molar-refractivity contribution in [3.05, 3.63) is 53.1 Å². The summed E-state index contributed by atoms with van der Waals surface area (Å²) in [6.45, 7) is 0.423. The Bertz CT molecular complexity index is 899. The maximum Gasteiger partial charge on any atom is 0.323 e. The summed E-state index contributed by atoms with van der Waals surface area (Å²) in [6.07, 6.45) is 1.84. The fourth-order valence-corrected chi connectivity index (χ4v) is 3.77. The summed E-state index contributed by atoms with van der Waals surface area (Å²) < 4.78 is 25.0. The molecule has 0 bridgehead atoms. The molecule has 0 saturated heterocycles. The van der Waals surface area contributed by atoms with Crippen LogP contribution in [0.15, 0.2) is 42.5 Å². The number of nitrogens with one attached hydrogen (secondary N) is 2. The van der Waals surface area contributed by atoms with E-state index in [-0.39, 0.29) is 0 Å². The number of carbonyl (C=O) groups is 1. The highest BCUT2D eigenvalue weighted by molar-refractivity contribution is 7.92. The highest BCUT2D eigenvalue weighted by Gasteiger charge is 2.26. The van der Waals surface area contributed by atoms with E-state index in [1.54, 1.807) is 36.4 Å². The van der Waals surface area contributed by atoms with Gasteiger partial charge >= 0.3 is 6.03 Å².